The summed E-state index contributed by atoms with van der Waals surface area (Å²) in [5.74, 6) is 0. The van der Waals surface area contributed by atoms with Crippen LogP contribution in [0.15, 0.2) is 11.1 Å². The maximum atomic E-state index is 4.20. The van der Waals surface area contributed by atoms with Crippen molar-refractivity contribution in [2.45, 2.75) is 0 Å². The van der Waals surface area contributed by atoms with Gasteiger partial charge in [-0.1, -0.05) is 6.08 Å². The molecule has 0 radical (unpaired) electrons. The minimum Gasteiger partial charge on any atom is -0.335 e. The van der Waals surface area contributed by atoms with Crippen LogP contribution in [0.1, 0.15) is 0 Å². The van der Waals surface area contributed by atoms with Gasteiger partial charge in [0.25, 0.3) is 0 Å². The Morgan fingerprint density at radius 1 is 1.67 bits per heavy atom. The summed E-state index contributed by atoms with van der Waals surface area (Å²) in [4.78, 5) is 7.35. The molecule has 0 aromatic carbocycles. The molecule has 2 rings (SSSR count). The van der Waals surface area contributed by atoms with Crippen molar-refractivity contribution in [3.8, 4) is 0 Å². The lowest BCUT2D eigenvalue weighted by molar-refractivity contribution is 1.12. The molecular weight excluding hydrogens is 227 g/mol. The van der Waals surface area contributed by atoms with Crippen molar-refractivity contribution in [1.29, 1.82) is 0 Å². The van der Waals surface area contributed by atoms with E-state index in [4.69, 9.17) is 0 Å². The fourth-order valence-electron chi connectivity index (χ4n) is 0.948. The number of fused-ring (bicyclic) bond motifs is 1. The molecule has 2 heterocycles. The zero-order valence-electron chi connectivity index (χ0n) is 4.69. The van der Waals surface area contributed by atoms with Gasteiger partial charge in [-0.3, -0.25) is 4.99 Å². The molecule has 46 valence electrons. The van der Waals surface area contributed by atoms with E-state index in [0.717, 1.165) is 15.7 Å². The maximum Gasteiger partial charge on any atom is 0.133 e. The van der Waals surface area contributed by atoms with Crippen LogP contribution >= 0.6 is 22.6 Å². The first-order chi connectivity index (χ1) is 4.36. The molecule has 1 aliphatic rings. The van der Waals surface area contributed by atoms with Crippen molar-refractivity contribution in [3.63, 3.8) is 0 Å². The first kappa shape index (κ1) is 5.46. The van der Waals surface area contributed by atoms with Gasteiger partial charge in [0.15, 0.2) is 0 Å². The molecule has 0 saturated carbocycles. The summed E-state index contributed by atoms with van der Waals surface area (Å²) in [6.45, 7) is 0.845. The number of nitrogens with zero attached hydrogens (tertiary/aromatic N) is 1. The number of H-pyrrole nitrogens is 1. The van der Waals surface area contributed by atoms with Gasteiger partial charge in [-0.15, -0.1) is 0 Å². The third-order valence-electron chi connectivity index (χ3n) is 1.35. The highest BCUT2D eigenvalue weighted by atomic mass is 127. The van der Waals surface area contributed by atoms with Crippen molar-refractivity contribution in [2.24, 2.45) is 4.99 Å². The molecule has 1 aromatic rings. The van der Waals surface area contributed by atoms with Crippen LogP contribution in [-0.4, -0.2) is 11.5 Å². The van der Waals surface area contributed by atoms with Gasteiger partial charge in [0.05, 0.1) is 10.2 Å². The summed E-state index contributed by atoms with van der Waals surface area (Å²) >= 11 is 2.25. The fourth-order valence-corrected chi connectivity index (χ4v) is 1.54. The topological polar surface area (TPSA) is 28.1 Å². The van der Waals surface area contributed by atoms with Crippen LogP contribution in [0.3, 0.4) is 0 Å². The highest BCUT2D eigenvalue weighted by Crippen LogP contribution is 1.92. The van der Waals surface area contributed by atoms with Gasteiger partial charge in [0.1, 0.15) is 5.49 Å². The molecule has 0 fully saturated rings. The van der Waals surface area contributed by atoms with Gasteiger partial charge in [-0.05, 0) is 28.7 Å². The third-order valence-corrected chi connectivity index (χ3v) is 1.94. The number of rotatable bonds is 0. The molecule has 0 bridgehead atoms. The zero-order valence-corrected chi connectivity index (χ0v) is 6.84. The van der Waals surface area contributed by atoms with Crippen LogP contribution in [-0.2, 0) is 0 Å². The molecular formula is C6H5IN2. The second kappa shape index (κ2) is 1.83. The van der Waals surface area contributed by atoms with E-state index in [0.29, 0.717) is 0 Å². The Morgan fingerprint density at radius 2 is 2.56 bits per heavy atom. The lowest BCUT2D eigenvalue weighted by atomic mass is 10.4. The van der Waals surface area contributed by atoms with E-state index in [-0.39, 0.29) is 0 Å². The molecule has 1 aliphatic heterocycles. The second-order valence-corrected chi connectivity index (χ2v) is 3.13. The zero-order chi connectivity index (χ0) is 6.27. The highest BCUT2D eigenvalue weighted by molar-refractivity contribution is 14.1. The van der Waals surface area contributed by atoms with Crippen molar-refractivity contribution in [1.82, 2.24) is 4.98 Å². The van der Waals surface area contributed by atoms with Crippen molar-refractivity contribution in [3.05, 3.63) is 20.5 Å². The molecule has 2 nitrogen and oxygen atoms in total. The van der Waals surface area contributed by atoms with E-state index in [9.17, 15) is 0 Å². The number of halogens is 1. The molecule has 0 amide bonds. The number of hydrogen-bond acceptors (Lipinski definition) is 1. The average molecular weight is 232 g/mol. The van der Waals surface area contributed by atoms with Gasteiger partial charge in [-0.2, -0.15) is 0 Å². The van der Waals surface area contributed by atoms with Gasteiger partial charge < -0.3 is 4.98 Å². The molecule has 0 atom stereocenters. The molecule has 3 heteroatoms. The summed E-state index contributed by atoms with van der Waals surface area (Å²) in [6.07, 6.45) is 2.12. The van der Waals surface area contributed by atoms with Crippen molar-refractivity contribution in [2.75, 3.05) is 6.54 Å². The lowest BCUT2D eigenvalue weighted by Crippen LogP contribution is -2.17. The van der Waals surface area contributed by atoms with Crippen LogP contribution in [0.4, 0.5) is 0 Å². The van der Waals surface area contributed by atoms with Crippen LogP contribution in [0.25, 0.3) is 6.08 Å². The number of aromatic nitrogens is 1. The Hall–Kier alpha value is -0.320. The Balaban J connectivity index is 2.94. The van der Waals surface area contributed by atoms with Crippen LogP contribution in [0, 0.1) is 3.70 Å². The molecule has 1 N–H and O–H groups in total. The number of hydrogen-bond donors (Lipinski definition) is 1. The predicted octanol–water partition coefficient (Wildman–Crippen LogP) is 0.0330. The quantitative estimate of drug-likeness (QED) is 0.611. The summed E-state index contributed by atoms with van der Waals surface area (Å²) in [7, 11) is 0. The maximum absolute atomic E-state index is 4.20. The van der Waals surface area contributed by atoms with Crippen molar-refractivity contribution >= 4 is 28.7 Å². The Labute approximate surface area is 65.8 Å². The molecule has 0 unspecified atom stereocenters. The van der Waals surface area contributed by atoms with Gasteiger partial charge in [-0.25, -0.2) is 0 Å². The molecule has 0 spiro atoms. The van der Waals surface area contributed by atoms with E-state index in [1.54, 1.807) is 0 Å². The normalized spacial score (nSPS) is 14.3. The largest absolute Gasteiger partial charge is 0.335 e. The van der Waals surface area contributed by atoms with E-state index in [2.05, 4.69) is 44.7 Å². The van der Waals surface area contributed by atoms with Crippen LogP contribution in [0.2, 0.25) is 0 Å². The summed E-state index contributed by atoms with van der Waals surface area (Å²) in [5.41, 5.74) is 1.04. The summed E-state index contributed by atoms with van der Waals surface area (Å²) < 4.78 is 1.16. The Bertz CT molecular complexity index is 305. The van der Waals surface area contributed by atoms with Gasteiger partial charge in [0.2, 0.25) is 0 Å². The Morgan fingerprint density at radius 3 is 3.33 bits per heavy atom. The monoisotopic (exact) mass is 232 g/mol. The fraction of sp³-hybridized carbons (Fsp3) is 0.167. The second-order valence-electron chi connectivity index (χ2n) is 1.97. The SMILES string of the molecule is Ic1cc2c([nH]1)=NCC=2. The summed E-state index contributed by atoms with van der Waals surface area (Å²) in [6, 6.07) is 2.10. The van der Waals surface area contributed by atoms with E-state index < -0.39 is 0 Å². The number of aromatic amines is 1. The van der Waals surface area contributed by atoms with Crippen LogP contribution < -0.4 is 10.7 Å². The first-order valence-corrected chi connectivity index (χ1v) is 3.83. The van der Waals surface area contributed by atoms with Gasteiger partial charge >= 0.3 is 0 Å². The standard InChI is InChI=1S/C6H5IN2/c7-5-3-4-1-2-8-6(4)9-5/h1,3H,2H2,(H,8,9). The smallest absolute Gasteiger partial charge is 0.133 e. The average Bonchev–Trinajstić information content (AvgIpc) is 2.22. The minimum atomic E-state index is 0.845. The van der Waals surface area contributed by atoms with E-state index >= 15 is 0 Å². The minimum absolute atomic E-state index is 0.845. The summed E-state index contributed by atoms with van der Waals surface area (Å²) in [5, 5.41) is 1.25. The molecule has 0 aliphatic carbocycles. The molecule has 0 saturated heterocycles. The lowest BCUT2D eigenvalue weighted by Gasteiger charge is -1.74. The van der Waals surface area contributed by atoms with Gasteiger partial charge in [0, 0.05) is 5.22 Å². The third kappa shape index (κ3) is 0.793. The predicted molar refractivity (Wildman–Crippen MR) is 43.6 cm³/mol. The first-order valence-electron chi connectivity index (χ1n) is 2.75. The highest BCUT2D eigenvalue weighted by Gasteiger charge is 1.96. The molecule has 1 aromatic heterocycles. The molecule has 9 heavy (non-hydrogen) atoms. The van der Waals surface area contributed by atoms with Crippen LogP contribution in [0.5, 0.6) is 0 Å². The Kier molecular flexibility index (Phi) is 1.11. The van der Waals surface area contributed by atoms with E-state index in [1.165, 1.54) is 5.22 Å². The van der Waals surface area contributed by atoms with Crippen molar-refractivity contribution < 1.29 is 0 Å². The van der Waals surface area contributed by atoms with E-state index in [1.807, 2.05) is 0 Å². The number of nitrogens with one attached hydrogen (secondary N) is 1.